The fraction of sp³-hybridized carbons (Fsp3) is 0.0625. The normalized spacial score (nSPS) is 10.7. The van der Waals surface area contributed by atoms with Crippen molar-refractivity contribution in [1.29, 1.82) is 0 Å². The highest BCUT2D eigenvalue weighted by atomic mass is 79.9. The van der Waals surface area contributed by atoms with Gasteiger partial charge in [-0.2, -0.15) is 0 Å². The molecule has 0 saturated carbocycles. The number of phenols is 1. The molecule has 0 aliphatic heterocycles. The highest BCUT2D eigenvalue weighted by molar-refractivity contribution is 9.10. The first kappa shape index (κ1) is 13.3. The molecule has 1 heterocycles. The van der Waals surface area contributed by atoms with E-state index in [4.69, 9.17) is 4.98 Å². The van der Waals surface area contributed by atoms with Crippen molar-refractivity contribution in [3.8, 4) is 27.6 Å². The zero-order chi connectivity index (χ0) is 14.1. The second-order valence-electron chi connectivity index (χ2n) is 4.48. The smallest absolute Gasteiger partial charge is 0.124 e. The van der Waals surface area contributed by atoms with Gasteiger partial charge in [-0.3, -0.25) is 0 Å². The van der Waals surface area contributed by atoms with Crippen LogP contribution in [0.3, 0.4) is 0 Å². The van der Waals surface area contributed by atoms with E-state index in [0.717, 1.165) is 26.3 Å². The summed E-state index contributed by atoms with van der Waals surface area (Å²) < 4.78 is 1.06. The molecule has 2 aromatic carbocycles. The van der Waals surface area contributed by atoms with Crippen LogP contribution in [0.1, 0.15) is 4.88 Å². The van der Waals surface area contributed by atoms with Crippen LogP contribution in [-0.4, -0.2) is 10.1 Å². The Morgan fingerprint density at radius 1 is 0.950 bits per heavy atom. The number of hydrogen-bond acceptors (Lipinski definition) is 3. The summed E-state index contributed by atoms with van der Waals surface area (Å²) in [4.78, 5) is 5.92. The van der Waals surface area contributed by atoms with E-state index in [0.29, 0.717) is 0 Å². The number of aromatic nitrogens is 1. The van der Waals surface area contributed by atoms with Gasteiger partial charge < -0.3 is 5.11 Å². The number of benzene rings is 2. The lowest BCUT2D eigenvalue weighted by Crippen LogP contribution is -1.81. The molecule has 0 amide bonds. The van der Waals surface area contributed by atoms with Crippen LogP contribution >= 0.6 is 27.3 Å². The Balaban J connectivity index is 2.02. The van der Waals surface area contributed by atoms with Gasteiger partial charge in [0.05, 0.1) is 5.69 Å². The maximum absolute atomic E-state index is 9.35. The van der Waals surface area contributed by atoms with Gasteiger partial charge in [-0.15, -0.1) is 11.3 Å². The Hall–Kier alpha value is -1.65. The molecule has 0 spiro atoms. The SMILES string of the molecule is Cc1sc(-c2ccc(O)cc2)nc1-c1ccc(Br)cc1. The Kier molecular flexibility index (Phi) is 3.59. The van der Waals surface area contributed by atoms with Gasteiger partial charge in [0.1, 0.15) is 10.8 Å². The fourth-order valence-electron chi connectivity index (χ4n) is 2.00. The third-order valence-corrected chi connectivity index (χ3v) is 4.58. The Morgan fingerprint density at radius 3 is 2.20 bits per heavy atom. The van der Waals surface area contributed by atoms with Crippen molar-refractivity contribution in [2.45, 2.75) is 6.92 Å². The average Bonchev–Trinajstić information content (AvgIpc) is 2.82. The molecular weight excluding hydrogens is 334 g/mol. The van der Waals surface area contributed by atoms with Crippen molar-refractivity contribution in [2.75, 3.05) is 0 Å². The maximum atomic E-state index is 9.35. The molecule has 1 N–H and O–H groups in total. The summed E-state index contributed by atoms with van der Waals surface area (Å²) in [7, 11) is 0. The van der Waals surface area contributed by atoms with Gasteiger partial charge in [0, 0.05) is 20.5 Å². The molecule has 0 unspecified atom stereocenters. The summed E-state index contributed by atoms with van der Waals surface area (Å²) >= 11 is 5.11. The molecule has 4 heteroatoms. The topological polar surface area (TPSA) is 33.1 Å². The Bertz CT molecular complexity index is 732. The van der Waals surface area contributed by atoms with Crippen molar-refractivity contribution in [2.24, 2.45) is 0 Å². The minimum absolute atomic E-state index is 0.273. The first-order chi connectivity index (χ1) is 9.63. The van der Waals surface area contributed by atoms with E-state index >= 15 is 0 Å². The zero-order valence-electron chi connectivity index (χ0n) is 10.8. The zero-order valence-corrected chi connectivity index (χ0v) is 13.2. The summed E-state index contributed by atoms with van der Waals surface area (Å²) in [5.41, 5.74) is 3.16. The summed E-state index contributed by atoms with van der Waals surface area (Å²) in [5, 5.41) is 10.3. The second kappa shape index (κ2) is 5.38. The highest BCUT2D eigenvalue weighted by Gasteiger charge is 2.11. The largest absolute Gasteiger partial charge is 0.508 e. The Labute approximate surface area is 129 Å². The lowest BCUT2D eigenvalue weighted by molar-refractivity contribution is 0.475. The van der Waals surface area contributed by atoms with Crippen LogP contribution in [0.25, 0.3) is 21.8 Å². The summed E-state index contributed by atoms with van der Waals surface area (Å²) in [6.07, 6.45) is 0. The van der Waals surface area contributed by atoms with E-state index in [1.165, 1.54) is 4.88 Å². The van der Waals surface area contributed by atoms with E-state index < -0.39 is 0 Å². The number of hydrogen-bond donors (Lipinski definition) is 1. The Morgan fingerprint density at radius 2 is 1.55 bits per heavy atom. The van der Waals surface area contributed by atoms with Crippen molar-refractivity contribution < 1.29 is 5.11 Å². The van der Waals surface area contributed by atoms with E-state index in [1.807, 2.05) is 24.3 Å². The summed E-state index contributed by atoms with van der Waals surface area (Å²) in [6, 6.07) is 15.3. The van der Waals surface area contributed by atoms with Crippen molar-refractivity contribution in [1.82, 2.24) is 4.98 Å². The third-order valence-electron chi connectivity index (χ3n) is 3.03. The number of phenolic OH excluding ortho intramolecular Hbond substituents is 1. The van der Waals surface area contributed by atoms with Gasteiger partial charge in [-0.1, -0.05) is 28.1 Å². The number of aryl methyl sites for hydroxylation is 1. The highest BCUT2D eigenvalue weighted by Crippen LogP contribution is 2.34. The molecule has 20 heavy (non-hydrogen) atoms. The molecule has 2 nitrogen and oxygen atoms in total. The molecule has 0 aliphatic rings. The van der Waals surface area contributed by atoms with Crippen molar-refractivity contribution in [3.63, 3.8) is 0 Å². The van der Waals surface area contributed by atoms with Gasteiger partial charge in [0.2, 0.25) is 0 Å². The van der Waals surface area contributed by atoms with E-state index in [9.17, 15) is 5.11 Å². The van der Waals surface area contributed by atoms with E-state index in [2.05, 4.69) is 35.0 Å². The molecule has 3 rings (SSSR count). The second-order valence-corrected chi connectivity index (χ2v) is 6.60. The molecule has 0 bridgehead atoms. The molecule has 0 saturated heterocycles. The van der Waals surface area contributed by atoms with Gasteiger partial charge >= 0.3 is 0 Å². The number of aromatic hydroxyl groups is 1. The molecule has 3 aromatic rings. The van der Waals surface area contributed by atoms with Gasteiger partial charge in [0.25, 0.3) is 0 Å². The lowest BCUT2D eigenvalue weighted by atomic mass is 10.1. The first-order valence-electron chi connectivity index (χ1n) is 6.16. The average molecular weight is 346 g/mol. The molecule has 100 valence electrons. The van der Waals surface area contributed by atoms with Crippen LogP contribution in [0.5, 0.6) is 5.75 Å². The molecular formula is C16H12BrNOS. The van der Waals surface area contributed by atoms with Gasteiger partial charge in [-0.05, 0) is 43.3 Å². The predicted octanol–water partition coefficient (Wildman–Crippen LogP) is 5.25. The quantitative estimate of drug-likeness (QED) is 0.687. The minimum atomic E-state index is 0.273. The standard InChI is InChI=1S/C16H12BrNOS/c1-10-15(11-2-6-13(17)7-3-11)18-16(20-10)12-4-8-14(19)9-5-12/h2-9,19H,1H3. The van der Waals surface area contributed by atoms with Crippen LogP contribution in [0.2, 0.25) is 0 Å². The molecule has 0 atom stereocenters. The number of rotatable bonds is 2. The van der Waals surface area contributed by atoms with E-state index in [-0.39, 0.29) is 5.75 Å². The third kappa shape index (κ3) is 2.62. The van der Waals surface area contributed by atoms with Crippen molar-refractivity contribution in [3.05, 3.63) is 57.9 Å². The van der Waals surface area contributed by atoms with Crippen LogP contribution in [0.15, 0.2) is 53.0 Å². The summed E-state index contributed by atoms with van der Waals surface area (Å²) in [6.45, 7) is 2.08. The molecule has 0 aliphatic carbocycles. The number of halogens is 1. The van der Waals surface area contributed by atoms with Crippen LogP contribution in [0.4, 0.5) is 0 Å². The van der Waals surface area contributed by atoms with Crippen LogP contribution < -0.4 is 0 Å². The minimum Gasteiger partial charge on any atom is -0.508 e. The van der Waals surface area contributed by atoms with Gasteiger partial charge in [0.15, 0.2) is 0 Å². The van der Waals surface area contributed by atoms with E-state index in [1.54, 1.807) is 23.5 Å². The molecule has 0 fully saturated rings. The predicted molar refractivity (Wildman–Crippen MR) is 87.1 cm³/mol. The number of nitrogens with zero attached hydrogens (tertiary/aromatic N) is 1. The molecule has 1 aromatic heterocycles. The van der Waals surface area contributed by atoms with Crippen LogP contribution in [-0.2, 0) is 0 Å². The monoisotopic (exact) mass is 345 g/mol. The van der Waals surface area contributed by atoms with Crippen molar-refractivity contribution >= 4 is 27.3 Å². The number of thiazole rings is 1. The molecule has 0 radical (unpaired) electrons. The first-order valence-corrected chi connectivity index (χ1v) is 7.77. The van der Waals surface area contributed by atoms with Crippen LogP contribution in [0, 0.1) is 6.92 Å². The lowest BCUT2D eigenvalue weighted by Gasteiger charge is -1.99. The van der Waals surface area contributed by atoms with Gasteiger partial charge in [-0.25, -0.2) is 4.98 Å². The maximum Gasteiger partial charge on any atom is 0.124 e. The fourth-order valence-corrected chi connectivity index (χ4v) is 3.20. The summed E-state index contributed by atoms with van der Waals surface area (Å²) in [5.74, 6) is 0.273.